The maximum Gasteiger partial charge on any atom is 0.208 e. The van der Waals surface area contributed by atoms with E-state index in [9.17, 15) is 0 Å². The SMILES string of the molecule is CCc1cnc(CNCc2cnc(C)s2)o1. The molecule has 0 fully saturated rings. The van der Waals surface area contributed by atoms with Gasteiger partial charge in [-0.2, -0.15) is 0 Å². The van der Waals surface area contributed by atoms with Gasteiger partial charge in [-0.25, -0.2) is 9.97 Å². The van der Waals surface area contributed by atoms with E-state index in [4.69, 9.17) is 4.42 Å². The number of aryl methyl sites for hydroxylation is 2. The van der Waals surface area contributed by atoms with E-state index in [2.05, 4.69) is 22.2 Å². The monoisotopic (exact) mass is 237 g/mol. The summed E-state index contributed by atoms with van der Waals surface area (Å²) in [5.41, 5.74) is 0. The summed E-state index contributed by atoms with van der Waals surface area (Å²) >= 11 is 1.71. The largest absolute Gasteiger partial charge is 0.444 e. The van der Waals surface area contributed by atoms with E-state index in [0.717, 1.165) is 29.6 Å². The van der Waals surface area contributed by atoms with Gasteiger partial charge >= 0.3 is 0 Å². The lowest BCUT2D eigenvalue weighted by Gasteiger charge is -1.98. The van der Waals surface area contributed by atoms with Crippen LogP contribution in [0, 0.1) is 6.92 Å². The molecule has 2 aromatic rings. The van der Waals surface area contributed by atoms with Gasteiger partial charge in [-0.15, -0.1) is 11.3 Å². The summed E-state index contributed by atoms with van der Waals surface area (Å²) in [5.74, 6) is 1.68. The lowest BCUT2D eigenvalue weighted by molar-refractivity contribution is 0.439. The fraction of sp³-hybridized carbons (Fsp3) is 0.455. The van der Waals surface area contributed by atoms with E-state index in [0.29, 0.717) is 6.54 Å². The Balaban J connectivity index is 1.79. The molecule has 2 heterocycles. The summed E-state index contributed by atoms with van der Waals surface area (Å²) in [6.45, 7) is 5.54. The molecule has 0 aliphatic heterocycles. The quantitative estimate of drug-likeness (QED) is 0.867. The first-order valence-electron chi connectivity index (χ1n) is 5.33. The Morgan fingerprint density at radius 3 is 2.81 bits per heavy atom. The van der Waals surface area contributed by atoms with Crippen LogP contribution >= 0.6 is 11.3 Å². The molecule has 0 bridgehead atoms. The van der Waals surface area contributed by atoms with Gasteiger partial charge < -0.3 is 9.73 Å². The number of aromatic nitrogens is 2. The van der Waals surface area contributed by atoms with Gasteiger partial charge in [-0.1, -0.05) is 6.92 Å². The molecule has 1 N–H and O–H groups in total. The molecule has 16 heavy (non-hydrogen) atoms. The van der Waals surface area contributed by atoms with E-state index >= 15 is 0 Å². The molecular weight excluding hydrogens is 222 g/mol. The minimum absolute atomic E-state index is 0.664. The molecule has 0 saturated carbocycles. The van der Waals surface area contributed by atoms with Crippen LogP contribution in [-0.4, -0.2) is 9.97 Å². The van der Waals surface area contributed by atoms with E-state index < -0.39 is 0 Å². The van der Waals surface area contributed by atoms with Crippen LogP contribution in [0.25, 0.3) is 0 Å². The van der Waals surface area contributed by atoms with Crippen molar-refractivity contribution in [1.82, 2.24) is 15.3 Å². The van der Waals surface area contributed by atoms with Crippen LogP contribution in [-0.2, 0) is 19.5 Å². The summed E-state index contributed by atoms with van der Waals surface area (Å²) in [4.78, 5) is 9.62. The average Bonchev–Trinajstić information content (AvgIpc) is 2.88. The summed E-state index contributed by atoms with van der Waals surface area (Å²) in [5, 5.41) is 4.38. The smallest absolute Gasteiger partial charge is 0.208 e. The Morgan fingerprint density at radius 2 is 2.19 bits per heavy atom. The molecule has 0 aliphatic carbocycles. The lowest BCUT2D eigenvalue weighted by atomic mass is 10.4. The summed E-state index contributed by atoms with van der Waals surface area (Å²) < 4.78 is 5.49. The fourth-order valence-electron chi connectivity index (χ4n) is 1.37. The van der Waals surface area contributed by atoms with Gasteiger partial charge in [0, 0.05) is 24.0 Å². The molecule has 0 saturated heterocycles. The second kappa shape index (κ2) is 5.23. The first-order valence-corrected chi connectivity index (χ1v) is 6.15. The molecule has 2 rings (SSSR count). The molecule has 0 unspecified atom stereocenters. The third-order valence-corrected chi connectivity index (χ3v) is 3.11. The van der Waals surface area contributed by atoms with E-state index in [1.54, 1.807) is 17.5 Å². The molecule has 0 aromatic carbocycles. The number of nitrogens with one attached hydrogen (secondary N) is 1. The van der Waals surface area contributed by atoms with Gasteiger partial charge in [0.25, 0.3) is 0 Å². The van der Waals surface area contributed by atoms with Gasteiger partial charge in [0.1, 0.15) is 5.76 Å². The summed E-state index contributed by atoms with van der Waals surface area (Å²) in [7, 11) is 0. The van der Waals surface area contributed by atoms with Crippen molar-refractivity contribution in [3.05, 3.63) is 33.9 Å². The number of hydrogen-bond donors (Lipinski definition) is 1. The zero-order valence-corrected chi connectivity index (χ0v) is 10.3. The van der Waals surface area contributed by atoms with Gasteiger partial charge in [0.05, 0.1) is 17.7 Å². The topological polar surface area (TPSA) is 51.0 Å². The minimum atomic E-state index is 0.664. The molecule has 0 amide bonds. The van der Waals surface area contributed by atoms with Gasteiger partial charge in [0.15, 0.2) is 0 Å². The van der Waals surface area contributed by atoms with Crippen molar-refractivity contribution in [3.8, 4) is 0 Å². The minimum Gasteiger partial charge on any atom is -0.444 e. The van der Waals surface area contributed by atoms with E-state index in [-0.39, 0.29) is 0 Å². The lowest BCUT2D eigenvalue weighted by Crippen LogP contribution is -2.11. The molecule has 0 radical (unpaired) electrons. The Morgan fingerprint density at radius 1 is 1.31 bits per heavy atom. The Hall–Kier alpha value is -1.20. The maximum atomic E-state index is 5.49. The van der Waals surface area contributed by atoms with Crippen molar-refractivity contribution in [3.63, 3.8) is 0 Å². The molecule has 86 valence electrons. The van der Waals surface area contributed by atoms with Crippen LogP contribution in [0.1, 0.15) is 28.5 Å². The summed E-state index contributed by atoms with van der Waals surface area (Å²) in [6.07, 6.45) is 4.58. The molecule has 4 nitrogen and oxygen atoms in total. The highest BCUT2D eigenvalue weighted by Gasteiger charge is 2.02. The second-order valence-corrected chi connectivity index (χ2v) is 4.84. The Bertz CT molecular complexity index is 450. The number of hydrogen-bond acceptors (Lipinski definition) is 5. The molecule has 5 heteroatoms. The second-order valence-electron chi connectivity index (χ2n) is 3.52. The third-order valence-electron chi connectivity index (χ3n) is 2.19. The highest BCUT2D eigenvalue weighted by Crippen LogP contribution is 2.11. The Kier molecular flexibility index (Phi) is 3.69. The molecule has 2 aromatic heterocycles. The fourth-order valence-corrected chi connectivity index (χ4v) is 2.14. The third kappa shape index (κ3) is 2.90. The van der Waals surface area contributed by atoms with Crippen molar-refractivity contribution in [2.24, 2.45) is 0 Å². The van der Waals surface area contributed by atoms with Crippen LogP contribution in [0.5, 0.6) is 0 Å². The van der Waals surface area contributed by atoms with Gasteiger partial charge in [-0.3, -0.25) is 0 Å². The van der Waals surface area contributed by atoms with E-state index in [1.807, 2.05) is 13.1 Å². The van der Waals surface area contributed by atoms with Crippen LogP contribution < -0.4 is 5.32 Å². The van der Waals surface area contributed by atoms with Crippen LogP contribution in [0.3, 0.4) is 0 Å². The van der Waals surface area contributed by atoms with Gasteiger partial charge in [0.2, 0.25) is 5.89 Å². The van der Waals surface area contributed by atoms with Crippen LogP contribution in [0.15, 0.2) is 16.8 Å². The molecular formula is C11H15N3OS. The van der Waals surface area contributed by atoms with Gasteiger partial charge in [-0.05, 0) is 6.92 Å². The standard InChI is InChI=1S/C11H15N3OS/c1-3-9-4-14-11(15-9)7-12-5-10-6-13-8(2)16-10/h4,6,12H,3,5,7H2,1-2H3. The number of rotatable bonds is 5. The summed E-state index contributed by atoms with van der Waals surface area (Å²) in [6, 6.07) is 0. The number of oxazole rings is 1. The predicted octanol–water partition coefficient (Wildman–Crippen LogP) is 2.29. The number of thiazole rings is 1. The van der Waals surface area contributed by atoms with Crippen LogP contribution in [0.4, 0.5) is 0 Å². The molecule has 0 spiro atoms. The normalized spacial score (nSPS) is 10.9. The first kappa shape index (κ1) is 11.3. The number of nitrogens with zero attached hydrogens (tertiary/aromatic N) is 2. The molecule has 0 atom stereocenters. The predicted molar refractivity (Wildman–Crippen MR) is 63.3 cm³/mol. The van der Waals surface area contributed by atoms with Crippen molar-refractivity contribution in [2.45, 2.75) is 33.4 Å². The maximum absolute atomic E-state index is 5.49. The van der Waals surface area contributed by atoms with Crippen LogP contribution in [0.2, 0.25) is 0 Å². The zero-order chi connectivity index (χ0) is 11.4. The van der Waals surface area contributed by atoms with E-state index in [1.165, 1.54) is 4.88 Å². The highest BCUT2D eigenvalue weighted by molar-refractivity contribution is 7.11. The van der Waals surface area contributed by atoms with Crippen molar-refractivity contribution >= 4 is 11.3 Å². The van der Waals surface area contributed by atoms with Crippen molar-refractivity contribution < 1.29 is 4.42 Å². The Labute approximate surface area is 98.7 Å². The average molecular weight is 237 g/mol. The first-order chi connectivity index (χ1) is 7.78. The zero-order valence-electron chi connectivity index (χ0n) is 9.49. The van der Waals surface area contributed by atoms with Crippen molar-refractivity contribution in [2.75, 3.05) is 0 Å². The van der Waals surface area contributed by atoms with Crippen molar-refractivity contribution in [1.29, 1.82) is 0 Å². The molecule has 0 aliphatic rings. The highest BCUT2D eigenvalue weighted by atomic mass is 32.1.